The van der Waals surface area contributed by atoms with Gasteiger partial charge in [0.05, 0.1) is 20.0 Å². The Morgan fingerprint density at radius 3 is 0.844 bits per heavy atom. The number of hydrogen-bond acceptors (Lipinski definition) is 26. The number of nitrogens with zero attached hydrogens (tertiary/aromatic N) is 6. The maximum atomic E-state index is 12.1. The highest BCUT2D eigenvalue weighted by Gasteiger charge is 2.85. The van der Waals surface area contributed by atoms with Crippen LogP contribution in [0.15, 0.2) is 0 Å². The minimum absolute atomic E-state index is 0.154. The quantitative estimate of drug-likeness (QED) is 0.0471. The Hall–Kier alpha value is -8.92. The topological polar surface area (TPSA) is 499 Å². The lowest BCUT2D eigenvalue weighted by Gasteiger charge is -2.51. The van der Waals surface area contributed by atoms with Gasteiger partial charge in [0.2, 0.25) is 0 Å². The molecule has 34 heteroatoms. The van der Waals surface area contributed by atoms with E-state index in [1.165, 1.54) is 0 Å². The summed E-state index contributed by atoms with van der Waals surface area (Å²) >= 11 is 0. The Labute approximate surface area is 346 Å². The number of nitrogens with two attached hydrogens (primary N) is 3. The summed E-state index contributed by atoms with van der Waals surface area (Å²) in [6.07, 6.45) is 0. The van der Waals surface area contributed by atoms with E-state index in [4.69, 9.17) is 22.3 Å². The predicted molar refractivity (Wildman–Crippen MR) is 169 cm³/mol. The number of amides is 13. The highest BCUT2D eigenvalue weighted by Crippen LogP contribution is 2.48. The van der Waals surface area contributed by atoms with Gasteiger partial charge in [0.1, 0.15) is 13.3 Å². The Balaban J connectivity index is 0.000000149. The van der Waals surface area contributed by atoms with Crippen molar-refractivity contribution in [2.24, 2.45) is 44.3 Å². The molecule has 9 heterocycles. The minimum Gasteiger partial charge on any atom is -0.480 e. The molecule has 8 N–H and O–H groups in total. The maximum absolute atomic E-state index is 12.1. The van der Waals surface area contributed by atoms with E-state index < -0.39 is 166 Å². The molecule has 9 aliphatic rings. The van der Waals surface area contributed by atoms with Crippen LogP contribution in [0.4, 0.5) is 0 Å². The molecule has 0 saturated carbocycles. The van der Waals surface area contributed by atoms with E-state index in [0.717, 1.165) is 0 Å². The fraction of sp³-hybridized carbons (Fsp3) is 0.333. The first-order valence-electron chi connectivity index (χ1n) is 16.9. The summed E-state index contributed by atoms with van der Waals surface area (Å²) in [6.45, 7) is -3.18. The Morgan fingerprint density at radius 2 is 0.641 bits per heavy atom. The molecule has 0 aromatic carbocycles. The fourth-order valence-electron chi connectivity index (χ4n) is 7.28. The number of carboxylic acids is 1. The third-order valence-electron chi connectivity index (χ3n) is 11.0. The van der Waals surface area contributed by atoms with Crippen molar-refractivity contribution in [3.8, 4) is 0 Å². The average molecular weight is 903 g/mol. The Kier molecular flexibility index (Phi) is 8.80. The van der Waals surface area contributed by atoms with Crippen molar-refractivity contribution in [1.82, 2.24) is 34.7 Å². The molecule has 0 atom stereocenters. The molecule has 0 unspecified atom stereocenters. The van der Waals surface area contributed by atoms with Crippen LogP contribution in [0.5, 0.6) is 0 Å². The molecular weight excluding hydrogens is 884 g/mol. The van der Waals surface area contributed by atoms with Crippen molar-refractivity contribution >= 4 is 119 Å². The SMILES string of the molecule is NCN1C(=O)C2(C1=O)C(=O)N(CN)C2=O.NCNC(=O)C1(C(=O)O)C(=O)N(CN2C(=O)C3(C(=O)OC3=O)C2=O)C1=O.O=C1OC(=O)C12C(=O)N(CN1C(=O)C3(C(=O)OC3=O)C1=O)C2=O. The number of likely N-dealkylation sites (tertiary alicyclic amines) is 6. The largest absolute Gasteiger partial charge is 0.480 e. The van der Waals surface area contributed by atoms with Crippen LogP contribution in [-0.2, 0) is 110 Å². The highest BCUT2D eigenvalue weighted by molar-refractivity contribution is 6.54. The van der Waals surface area contributed by atoms with Crippen molar-refractivity contribution in [3.05, 3.63) is 0 Å². The van der Waals surface area contributed by atoms with Gasteiger partial charge in [0.25, 0.3) is 82.2 Å². The predicted octanol–water partition coefficient (Wildman–Crippen LogP) is -12.8. The van der Waals surface area contributed by atoms with Crippen LogP contribution >= 0.6 is 0 Å². The van der Waals surface area contributed by atoms with Crippen LogP contribution in [0.1, 0.15) is 0 Å². The molecule has 4 spiro atoms. The van der Waals surface area contributed by atoms with Crippen molar-refractivity contribution in [2.45, 2.75) is 0 Å². The third kappa shape index (κ3) is 4.16. The first-order valence-corrected chi connectivity index (χ1v) is 16.9. The molecule has 0 aromatic heterocycles. The number of rotatable bonds is 9. The smallest absolute Gasteiger partial charge is 0.351 e. The van der Waals surface area contributed by atoms with Crippen LogP contribution in [0, 0.1) is 27.1 Å². The number of aliphatic carboxylic acids is 1. The van der Waals surface area contributed by atoms with Gasteiger partial charge in [-0.1, -0.05) is 0 Å². The van der Waals surface area contributed by atoms with Gasteiger partial charge in [-0.05, 0) is 0 Å². The molecule has 9 rings (SSSR count). The number of carbonyl (C=O) groups is 20. The van der Waals surface area contributed by atoms with E-state index in [0.29, 0.717) is 19.6 Å². The van der Waals surface area contributed by atoms with Crippen LogP contribution in [0.25, 0.3) is 0 Å². The molecule has 13 amide bonds. The second kappa shape index (κ2) is 13.0. The van der Waals surface area contributed by atoms with Crippen molar-refractivity contribution in [1.29, 1.82) is 0 Å². The molecule has 0 aromatic rings. The lowest BCUT2D eigenvalue weighted by atomic mass is 9.69. The van der Waals surface area contributed by atoms with Crippen LogP contribution < -0.4 is 22.5 Å². The molecule has 0 radical (unpaired) electrons. The number of carboxylic acid groups (broad SMARTS) is 1. The number of ether oxygens (including phenoxy) is 3. The van der Waals surface area contributed by atoms with E-state index in [9.17, 15) is 95.9 Å². The third-order valence-corrected chi connectivity index (χ3v) is 11.0. The van der Waals surface area contributed by atoms with E-state index in [-0.39, 0.29) is 23.1 Å². The maximum Gasteiger partial charge on any atom is 0.351 e. The van der Waals surface area contributed by atoms with Gasteiger partial charge in [-0.15, -0.1) is 0 Å². The van der Waals surface area contributed by atoms with Crippen molar-refractivity contribution < 1.29 is 115 Å². The minimum atomic E-state index is -3.08. The zero-order valence-corrected chi connectivity index (χ0v) is 30.8. The first-order chi connectivity index (χ1) is 29.8. The Morgan fingerprint density at radius 1 is 0.406 bits per heavy atom. The molecule has 64 heavy (non-hydrogen) atoms. The molecule has 0 bridgehead atoms. The van der Waals surface area contributed by atoms with Gasteiger partial charge in [0.15, 0.2) is 0 Å². The molecule has 34 nitrogen and oxygen atoms in total. The number of nitrogens with one attached hydrogen (secondary N) is 1. The monoisotopic (exact) mass is 902 g/mol. The number of carbonyl (C=O) groups excluding carboxylic acids is 19. The highest BCUT2D eigenvalue weighted by atomic mass is 16.6. The van der Waals surface area contributed by atoms with Gasteiger partial charge in [-0.3, -0.25) is 91.7 Å². The summed E-state index contributed by atoms with van der Waals surface area (Å²) in [4.78, 5) is 234. The second-order valence-corrected chi connectivity index (χ2v) is 13.7. The summed E-state index contributed by atoms with van der Waals surface area (Å²) in [6, 6.07) is 0. The molecule has 332 valence electrons. The molecule has 9 saturated heterocycles. The number of cyclic esters (lactones) is 6. The van der Waals surface area contributed by atoms with E-state index in [1.54, 1.807) is 0 Å². The summed E-state index contributed by atoms with van der Waals surface area (Å²) in [7, 11) is 0. The van der Waals surface area contributed by atoms with E-state index in [1.807, 2.05) is 5.32 Å². The lowest BCUT2D eigenvalue weighted by molar-refractivity contribution is -0.221. The second-order valence-electron chi connectivity index (χ2n) is 13.7. The van der Waals surface area contributed by atoms with Gasteiger partial charge in [0, 0.05) is 0 Å². The summed E-state index contributed by atoms with van der Waals surface area (Å²) in [5, 5.41) is 11.0. The first kappa shape index (κ1) is 43.2. The number of hydrogen-bond donors (Lipinski definition) is 5. The van der Waals surface area contributed by atoms with Crippen molar-refractivity contribution in [3.63, 3.8) is 0 Å². The zero-order chi connectivity index (χ0) is 47.9. The molecule has 9 aliphatic heterocycles. The normalized spacial score (nSPS) is 24.2. The van der Waals surface area contributed by atoms with Crippen LogP contribution in [0.3, 0.4) is 0 Å². The van der Waals surface area contributed by atoms with Gasteiger partial charge < -0.3 is 41.8 Å². The molecular formula is C30H18N10O24. The van der Waals surface area contributed by atoms with Crippen LogP contribution in [0.2, 0.25) is 0 Å². The van der Waals surface area contributed by atoms with Gasteiger partial charge >= 0.3 is 63.4 Å². The molecule has 0 aliphatic carbocycles. The van der Waals surface area contributed by atoms with Crippen LogP contribution in [-0.4, -0.2) is 186 Å². The summed E-state index contributed by atoms with van der Waals surface area (Å²) < 4.78 is 11.9. The van der Waals surface area contributed by atoms with E-state index >= 15 is 0 Å². The standard InChI is InChI=1S/C12H8N4O10.C11H2N2O10.C7H8N4O4/c13-1-14-3(17)11(8(22)23)4(18)15(5(11)19)2-16-6(20)12(7(16)21)9(24)26-10(12)25;14-2-10(6(18)22-7(10)19)3(15)12(2)1-13-4(16)11(5(13)17)8(20)23-9(11)21;8-1-10-3(12)7(4(10)13)5(14)11(2-9)6(7)15/h1-2,13H2,(H,14,17)(H,22,23);1H2;1-2,8-9H2. The fourth-order valence-corrected chi connectivity index (χ4v) is 7.28. The number of β-lactam (4-membered cyclic amide) rings is 12. The average Bonchev–Trinajstić information content (AvgIpc) is 3.22. The van der Waals surface area contributed by atoms with Gasteiger partial charge in [-0.25, -0.2) is 33.6 Å². The van der Waals surface area contributed by atoms with Crippen molar-refractivity contribution in [2.75, 3.05) is 33.3 Å². The van der Waals surface area contributed by atoms with E-state index in [2.05, 4.69) is 14.2 Å². The Bertz CT molecular complexity index is 2390. The summed E-state index contributed by atoms with van der Waals surface area (Å²) in [5.41, 5.74) is 2.29. The van der Waals surface area contributed by atoms with Gasteiger partial charge in [-0.2, -0.15) is 0 Å². The number of esters is 6. The zero-order valence-electron chi connectivity index (χ0n) is 30.8. The lowest BCUT2D eigenvalue weighted by Crippen LogP contribution is -2.84. The molecule has 9 fully saturated rings. The summed E-state index contributed by atoms with van der Waals surface area (Å²) in [5.74, 6) is -25.6. The number of imide groups is 6.